The van der Waals surface area contributed by atoms with Crippen LogP contribution in [0.25, 0.3) is 6.08 Å². The number of H-pyrrole nitrogens is 2. The van der Waals surface area contributed by atoms with Crippen molar-refractivity contribution < 1.29 is 0 Å². The molecule has 5 rings (SSSR count). The Labute approximate surface area is 255 Å². The summed E-state index contributed by atoms with van der Waals surface area (Å²) in [6, 6.07) is 27.3. The summed E-state index contributed by atoms with van der Waals surface area (Å²) in [5, 5.41) is 21.1. The van der Waals surface area contributed by atoms with Crippen LogP contribution in [0.2, 0.25) is 10.0 Å². The lowest BCUT2D eigenvalue weighted by molar-refractivity contribution is 0.986. The number of allylic oxidation sites excluding steroid dienone is 1. The first-order valence-corrected chi connectivity index (χ1v) is 13.7. The van der Waals surface area contributed by atoms with Crippen LogP contribution in [0, 0.1) is 0 Å². The average Bonchev–Trinajstić information content (AvgIpc) is 3.04. The van der Waals surface area contributed by atoms with Crippen molar-refractivity contribution in [2.24, 2.45) is 10.2 Å². The molecule has 214 valence electrons. The predicted octanol–water partition coefficient (Wildman–Crippen LogP) is 5.75. The van der Waals surface area contributed by atoms with Crippen LogP contribution < -0.4 is 22.0 Å². The van der Waals surface area contributed by atoms with Crippen molar-refractivity contribution >= 4 is 52.1 Å². The Balaban J connectivity index is 1.36. The zero-order chi connectivity index (χ0) is 30.0. The van der Waals surface area contributed by atoms with Crippen molar-refractivity contribution in [1.82, 2.24) is 20.4 Å². The third-order valence-corrected chi connectivity index (χ3v) is 6.91. The van der Waals surface area contributed by atoms with Gasteiger partial charge in [-0.1, -0.05) is 114 Å². The Morgan fingerprint density at radius 1 is 0.721 bits per heavy atom. The quantitative estimate of drug-likeness (QED) is 0.117. The smallest absolute Gasteiger partial charge is 0.275 e. The number of anilines is 2. The van der Waals surface area contributed by atoms with Crippen LogP contribution in [0.15, 0.2) is 123 Å². The second kappa shape index (κ2) is 14.0. The molecule has 10 nitrogen and oxygen atoms in total. The SMILES string of the molecule is O=c1[nH]ncc(N/N=C(/C=C\c2ccc(C/C(=N/Nc3cn[nH]c(=O)c3Cl)c3ccccc3)cc2)c2ccccc2)c1Cl. The van der Waals surface area contributed by atoms with Crippen LogP contribution in [-0.4, -0.2) is 31.8 Å². The summed E-state index contributed by atoms with van der Waals surface area (Å²) < 4.78 is 0. The predicted molar refractivity (Wildman–Crippen MR) is 172 cm³/mol. The molecule has 5 aromatic rings. The second-order valence-electron chi connectivity index (χ2n) is 9.12. The van der Waals surface area contributed by atoms with Crippen LogP contribution in [0.1, 0.15) is 22.3 Å². The molecule has 3 aromatic carbocycles. The molecule has 43 heavy (non-hydrogen) atoms. The Hall–Kier alpha value is -5.32. The first-order chi connectivity index (χ1) is 21.0. The summed E-state index contributed by atoms with van der Waals surface area (Å²) in [6.45, 7) is 0. The molecule has 0 aliphatic rings. The minimum Gasteiger partial charge on any atom is -0.275 e. The minimum atomic E-state index is -0.508. The van der Waals surface area contributed by atoms with Gasteiger partial charge in [-0.25, -0.2) is 10.2 Å². The molecule has 0 unspecified atom stereocenters. The Morgan fingerprint density at radius 3 is 1.84 bits per heavy atom. The molecule has 0 bridgehead atoms. The van der Waals surface area contributed by atoms with Crippen molar-refractivity contribution in [3.05, 3.63) is 156 Å². The van der Waals surface area contributed by atoms with Gasteiger partial charge in [0.05, 0.1) is 23.8 Å². The lowest BCUT2D eigenvalue weighted by Crippen LogP contribution is -2.12. The number of aromatic nitrogens is 4. The van der Waals surface area contributed by atoms with Gasteiger partial charge in [0.1, 0.15) is 21.4 Å². The van der Waals surface area contributed by atoms with E-state index in [4.69, 9.17) is 23.2 Å². The average molecular weight is 611 g/mol. The van der Waals surface area contributed by atoms with E-state index in [9.17, 15) is 9.59 Å². The van der Waals surface area contributed by atoms with Gasteiger partial charge < -0.3 is 0 Å². The summed E-state index contributed by atoms with van der Waals surface area (Å²) >= 11 is 12.2. The molecule has 2 heterocycles. The van der Waals surface area contributed by atoms with Crippen LogP contribution in [0.4, 0.5) is 11.4 Å². The molecule has 0 spiro atoms. The number of benzene rings is 3. The standard InChI is InChI=1S/C31H24Cl2N8O2/c32-28-26(18-34-40-30(28)42)38-36-24(22-7-3-1-4-8-22)16-15-20-11-13-21(14-12-20)17-25(23-9-5-2-6-10-23)37-39-27-19-35-41-31(43)29(27)33/h1-16,18-19H,17H2,(H2,38,40,42)(H2,39,41,43)/b16-15-,36-24-,37-25-. The fraction of sp³-hybridized carbons (Fsp3) is 0.0323. The molecule has 4 N–H and O–H groups in total. The second-order valence-corrected chi connectivity index (χ2v) is 9.87. The number of hydrazone groups is 2. The number of hydrogen-bond acceptors (Lipinski definition) is 8. The number of hydrogen-bond donors (Lipinski definition) is 4. The lowest BCUT2D eigenvalue weighted by Gasteiger charge is -2.09. The summed E-state index contributed by atoms with van der Waals surface area (Å²) in [5.74, 6) is 0. The Morgan fingerprint density at radius 2 is 1.26 bits per heavy atom. The summed E-state index contributed by atoms with van der Waals surface area (Å²) in [7, 11) is 0. The highest BCUT2D eigenvalue weighted by atomic mass is 35.5. The van der Waals surface area contributed by atoms with Crippen molar-refractivity contribution in [3.8, 4) is 0 Å². The van der Waals surface area contributed by atoms with E-state index in [1.165, 1.54) is 12.4 Å². The molecule has 12 heteroatoms. The molecule has 0 saturated heterocycles. The number of rotatable bonds is 10. The molecule has 0 atom stereocenters. The van der Waals surface area contributed by atoms with Crippen LogP contribution in [0.5, 0.6) is 0 Å². The normalized spacial score (nSPS) is 12.0. The number of nitrogens with zero attached hydrogens (tertiary/aromatic N) is 4. The fourth-order valence-corrected chi connectivity index (χ4v) is 4.20. The van der Waals surface area contributed by atoms with Gasteiger partial charge in [-0.15, -0.1) is 0 Å². The van der Waals surface area contributed by atoms with Crippen LogP contribution in [-0.2, 0) is 6.42 Å². The summed E-state index contributed by atoms with van der Waals surface area (Å²) in [5.41, 5.74) is 10.4. The van der Waals surface area contributed by atoms with Gasteiger partial charge in [-0.3, -0.25) is 20.4 Å². The first kappa shape index (κ1) is 29.2. The molecule has 0 saturated carbocycles. The number of aromatic amines is 2. The Kier molecular flexibility index (Phi) is 9.53. The molecule has 0 fully saturated rings. The van der Waals surface area contributed by atoms with Gasteiger partial charge in [0.2, 0.25) is 0 Å². The van der Waals surface area contributed by atoms with E-state index in [0.29, 0.717) is 23.5 Å². The number of halogens is 2. The van der Waals surface area contributed by atoms with E-state index >= 15 is 0 Å². The molecule has 2 aromatic heterocycles. The third-order valence-electron chi connectivity index (χ3n) is 6.16. The lowest BCUT2D eigenvalue weighted by atomic mass is 10.0. The maximum Gasteiger partial charge on any atom is 0.285 e. The minimum absolute atomic E-state index is 0.0203. The highest BCUT2D eigenvalue weighted by molar-refractivity contribution is 6.33. The van der Waals surface area contributed by atoms with Gasteiger partial charge in [0.15, 0.2) is 0 Å². The van der Waals surface area contributed by atoms with Crippen molar-refractivity contribution in [1.29, 1.82) is 0 Å². The topological polar surface area (TPSA) is 140 Å². The number of nitrogens with one attached hydrogen (secondary N) is 4. The molecule has 0 amide bonds. The first-order valence-electron chi connectivity index (χ1n) is 13.0. The zero-order valence-corrected chi connectivity index (χ0v) is 24.0. The van der Waals surface area contributed by atoms with Crippen molar-refractivity contribution in [2.75, 3.05) is 10.9 Å². The van der Waals surface area contributed by atoms with E-state index < -0.39 is 11.1 Å². The van der Waals surface area contributed by atoms with E-state index in [1.807, 2.05) is 97.1 Å². The van der Waals surface area contributed by atoms with E-state index in [0.717, 1.165) is 28.0 Å². The third kappa shape index (κ3) is 7.70. The maximum absolute atomic E-state index is 11.8. The highest BCUT2D eigenvalue weighted by Crippen LogP contribution is 2.18. The van der Waals surface area contributed by atoms with Crippen LogP contribution >= 0.6 is 23.2 Å². The van der Waals surface area contributed by atoms with Crippen molar-refractivity contribution in [3.63, 3.8) is 0 Å². The van der Waals surface area contributed by atoms with Gasteiger partial charge in [-0.05, 0) is 22.8 Å². The molecule has 0 aliphatic heterocycles. The van der Waals surface area contributed by atoms with Gasteiger partial charge >= 0.3 is 0 Å². The summed E-state index contributed by atoms with van der Waals surface area (Å²) in [4.78, 5) is 23.6. The largest absolute Gasteiger partial charge is 0.285 e. The van der Waals surface area contributed by atoms with Crippen molar-refractivity contribution in [2.45, 2.75) is 6.42 Å². The van der Waals surface area contributed by atoms with E-state index in [2.05, 4.69) is 41.4 Å². The van der Waals surface area contributed by atoms with Gasteiger partial charge in [-0.2, -0.15) is 20.4 Å². The highest BCUT2D eigenvalue weighted by Gasteiger charge is 2.09. The van der Waals surface area contributed by atoms with E-state index in [-0.39, 0.29) is 10.0 Å². The Bertz CT molecular complexity index is 1900. The monoisotopic (exact) mass is 610 g/mol. The van der Waals surface area contributed by atoms with Gasteiger partial charge in [0, 0.05) is 12.0 Å². The van der Waals surface area contributed by atoms with Crippen LogP contribution in [0.3, 0.4) is 0 Å². The summed E-state index contributed by atoms with van der Waals surface area (Å²) in [6.07, 6.45) is 7.12. The van der Waals surface area contributed by atoms with Gasteiger partial charge in [0.25, 0.3) is 11.1 Å². The van der Waals surface area contributed by atoms with E-state index in [1.54, 1.807) is 0 Å². The maximum atomic E-state index is 11.8. The fourth-order valence-electron chi connectivity index (χ4n) is 3.93. The molecule has 0 radical (unpaired) electrons. The molecular formula is C31H24Cl2N8O2. The molecule has 0 aliphatic carbocycles. The zero-order valence-electron chi connectivity index (χ0n) is 22.5. The molecular weight excluding hydrogens is 587 g/mol.